The zero-order valence-electron chi connectivity index (χ0n) is 17.9. The number of hydrogen-bond donors (Lipinski definition) is 0. The van der Waals surface area contributed by atoms with Crippen molar-refractivity contribution in [2.24, 2.45) is 0 Å². The van der Waals surface area contributed by atoms with Crippen LogP contribution < -0.4 is 10.5 Å². The van der Waals surface area contributed by atoms with Gasteiger partial charge < -0.3 is 4.90 Å². The topological polar surface area (TPSA) is 76.3 Å². The van der Waals surface area contributed by atoms with Crippen molar-refractivity contribution in [2.45, 2.75) is 33.0 Å². The molecule has 4 aromatic heterocycles. The van der Waals surface area contributed by atoms with Crippen LogP contribution in [0.15, 0.2) is 47.5 Å². The van der Waals surface area contributed by atoms with E-state index in [0.29, 0.717) is 47.8 Å². The zero-order chi connectivity index (χ0) is 23.3. The molecule has 1 aliphatic rings. The number of aryl methyl sites for hydroxylation is 2. The fourth-order valence-electron chi connectivity index (χ4n) is 4.05. The molecule has 0 spiro atoms. The molecule has 0 saturated heterocycles. The first-order valence-electron chi connectivity index (χ1n) is 10.3. The van der Waals surface area contributed by atoms with Gasteiger partial charge in [0.25, 0.3) is 5.56 Å². The predicted octanol–water partition coefficient (Wildman–Crippen LogP) is 3.74. The first-order chi connectivity index (χ1) is 15.7. The monoisotopic (exact) mass is 452 g/mol. The van der Waals surface area contributed by atoms with E-state index in [1.165, 1.54) is 22.8 Å². The number of halogens is 3. The Morgan fingerprint density at radius 2 is 1.79 bits per heavy atom. The van der Waals surface area contributed by atoms with Crippen molar-refractivity contribution >= 4 is 11.5 Å². The molecule has 4 aromatic rings. The largest absolute Gasteiger partial charge is 0.433 e. The van der Waals surface area contributed by atoms with E-state index in [2.05, 4.69) is 25.0 Å². The minimum atomic E-state index is -4.48. The van der Waals surface area contributed by atoms with Crippen molar-refractivity contribution in [3.63, 3.8) is 0 Å². The Labute approximate surface area is 186 Å². The fraction of sp³-hybridized carbons (Fsp3) is 0.261. The molecule has 0 aromatic carbocycles. The number of nitrogens with zero attached hydrogens (tertiary/aromatic N) is 6. The third kappa shape index (κ3) is 3.92. The zero-order valence-corrected chi connectivity index (χ0v) is 17.9. The second kappa shape index (κ2) is 7.65. The molecule has 0 bridgehead atoms. The van der Waals surface area contributed by atoms with Crippen LogP contribution in [0.3, 0.4) is 0 Å². The number of aromatic nitrogens is 5. The Morgan fingerprint density at radius 1 is 1.00 bits per heavy atom. The lowest BCUT2D eigenvalue weighted by atomic mass is 10.0. The van der Waals surface area contributed by atoms with E-state index in [0.717, 1.165) is 22.9 Å². The molecule has 0 amide bonds. The fourth-order valence-corrected chi connectivity index (χ4v) is 4.05. The lowest BCUT2D eigenvalue weighted by molar-refractivity contribution is -0.141. The first-order valence-corrected chi connectivity index (χ1v) is 10.3. The van der Waals surface area contributed by atoms with Gasteiger partial charge in [-0.3, -0.25) is 14.8 Å². The summed E-state index contributed by atoms with van der Waals surface area (Å²) in [4.78, 5) is 26.9. The van der Waals surface area contributed by atoms with E-state index in [-0.39, 0.29) is 5.56 Å². The van der Waals surface area contributed by atoms with Gasteiger partial charge >= 0.3 is 6.18 Å². The third-order valence-electron chi connectivity index (χ3n) is 5.67. The van der Waals surface area contributed by atoms with Gasteiger partial charge in [0.1, 0.15) is 5.69 Å². The summed E-state index contributed by atoms with van der Waals surface area (Å²) < 4.78 is 39.7. The molecule has 0 unspecified atom stereocenters. The van der Waals surface area contributed by atoms with Crippen molar-refractivity contribution in [2.75, 3.05) is 11.4 Å². The summed E-state index contributed by atoms with van der Waals surface area (Å²) in [6.45, 7) is 4.88. The highest BCUT2D eigenvalue weighted by molar-refractivity contribution is 5.63. The molecule has 10 heteroatoms. The number of hydrogen-bond acceptors (Lipinski definition) is 6. The van der Waals surface area contributed by atoms with Crippen LogP contribution in [0.4, 0.5) is 19.0 Å². The van der Waals surface area contributed by atoms with Gasteiger partial charge in [-0.2, -0.15) is 17.7 Å². The molecular formula is C23H19F3N6O. The van der Waals surface area contributed by atoms with Crippen LogP contribution in [0.25, 0.3) is 16.8 Å². The van der Waals surface area contributed by atoms with Gasteiger partial charge in [0, 0.05) is 60.5 Å². The SMILES string of the molecule is Cc1cc(=O)n2nc(N3CCc4ncc(-c5ccc(C(F)(F)F)nc5)cc4C3)c(C)cc2n1. The van der Waals surface area contributed by atoms with Crippen LogP contribution >= 0.6 is 0 Å². The van der Waals surface area contributed by atoms with Gasteiger partial charge in [-0.05, 0) is 43.2 Å². The van der Waals surface area contributed by atoms with Gasteiger partial charge in [0.2, 0.25) is 0 Å². The summed E-state index contributed by atoms with van der Waals surface area (Å²) in [6.07, 6.45) is -0.926. The molecule has 0 atom stereocenters. The van der Waals surface area contributed by atoms with Crippen LogP contribution in [0.2, 0.25) is 0 Å². The number of anilines is 1. The highest BCUT2D eigenvalue weighted by atomic mass is 19.4. The predicted molar refractivity (Wildman–Crippen MR) is 116 cm³/mol. The number of rotatable bonds is 2. The number of alkyl halides is 3. The van der Waals surface area contributed by atoms with E-state index in [4.69, 9.17) is 0 Å². The van der Waals surface area contributed by atoms with E-state index < -0.39 is 11.9 Å². The van der Waals surface area contributed by atoms with E-state index >= 15 is 0 Å². The maximum absolute atomic E-state index is 12.8. The third-order valence-corrected chi connectivity index (χ3v) is 5.67. The average molecular weight is 452 g/mol. The van der Waals surface area contributed by atoms with Crippen molar-refractivity contribution in [3.05, 3.63) is 81.3 Å². The highest BCUT2D eigenvalue weighted by Crippen LogP contribution is 2.31. The van der Waals surface area contributed by atoms with E-state index in [9.17, 15) is 18.0 Å². The van der Waals surface area contributed by atoms with Gasteiger partial charge in [0.15, 0.2) is 11.5 Å². The number of pyridine rings is 2. The van der Waals surface area contributed by atoms with Gasteiger partial charge in [0.05, 0.1) is 0 Å². The summed E-state index contributed by atoms with van der Waals surface area (Å²) >= 11 is 0. The van der Waals surface area contributed by atoms with Crippen LogP contribution in [0.5, 0.6) is 0 Å². The lowest BCUT2D eigenvalue weighted by Gasteiger charge is -2.30. The molecular weight excluding hydrogens is 433 g/mol. The van der Waals surface area contributed by atoms with E-state index in [1.54, 1.807) is 13.1 Å². The first kappa shape index (κ1) is 21.0. The normalized spacial score (nSPS) is 13.9. The molecule has 0 saturated carbocycles. The van der Waals surface area contributed by atoms with Gasteiger partial charge in [-0.25, -0.2) is 4.98 Å². The standard InChI is InChI=1S/C23H19F3N6O/c1-13-7-20-29-14(2)8-21(33)32(20)30-22(13)31-6-5-18-17(12-31)9-16(11-27-18)15-3-4-19(28-10-15)23(24,25)26/h3-4,7-11H,5-6,12H2,1-2H3. The molecule has 5 rings (SSSR count). The average Bonchev–Trinajstić information content (AvgIpc) is 2.77. The Morgan fingerprint density at radius 3 is 2.52 bits per heavy atom. The summed E-state index contributed by atoms with van der Waals surface area (Å²) in [7, 11) is 0. The Kier molecular flexibility index (Phi) is 4.88. The summed E-state index contributed by atoms with van der Waals surface area (Å²) in [5.74, 6) is 0.683. The van der Waals surface area contributed by atoms with Crippen LogP contribution in [0.1, 0.15) is 28.2 Å². The van der Waals surface area contributed by atoms with Crippen molar-refractivity contribution in [3.8, 4) is 11.1 Å². The van der Waals surface area contributed by atoms with Gasteiger partial charge in [-0.15, -0.1) is 5.10 Å². The van der Waals surface area contributed by atoms with Gasteiger partial charge in [-0.1, -0.05) is 6.07 Å². The maximum atomic E-state index is 12.8. The smallest absolute Gasteiger partial charge is 0.350 e. The van der Waals surface area contributed by atoms with Crippen molar-refractivity contribution in [1.29, 1.82) is 0 Å². The molecule has 0 aliphatic carbocycles. The second-order valence-corrected chi connectivity index (χ2v) is 8.09. The van der Waals surface area contributed by atoms with Crippen LogP contribution in [0, 0.1) is 13.8 Å². The molecule has 0 N–H and O–H groups in total. The molecule has 5 heterocycles. The summed E-state index contributed by atoms with van der Waals surface area (Å²) in [5.41, 5.74) is 3.99. The highest BCUT2D eigenvalue weighted by Gasteiger charge is 2.32. The molecule has 7 nitrogen and oxygen atoms in total. The Hall–Kier alpha value is -3.82. The van der Waals surface area contributed by atoms with Crippen LogP contribution in [-0.2, 0) is 19.1 Å². The minimum absolute atomic E-state index is 0.241. The van der Waals surface area contributed by atoms with Crippen molar-refractivity contribution < 1.29 is 13.2 Å². The maximum Gasteiger partial charge on any atom is 0.433 e. The summed E-state index contributed by atoms with van der Waals surface area (Å²) in [6, 6.07) is 7.58. The van der Waals surface area contributed by atoms with Crippen LogP contribution in [-0.4, -0.2) is 31.1 Å². The molecule has 1 aliphatic heterocycles. The lowest BCUT2D eigenvalue weighted by Crippen LogP contribution is -2.33. The Balaban J connectivity index is 1.48. The Bertz CT molecular complexity index is 1430. The summed E-state index contributed by atoms with van der Waals surface area (Å²) in [5, 5.41) is 4.56. The molecule has 168 valence electrons. The van der Waals surface area contributed by atoms with E-state index in [1.807, 2.05) is 19.1 Å². The molecule has 0 radical (unpaired) electrons. The quantitative estimate of drug-likeness (QED) is 0.461. The van der Waals surface area contributed by atoms with Crippen molar-refractivity contribution in [1.82, 2.24) is 24.6 Å². The number of fused-ring (bicyclic) bond motifs is 2. The second-order valence-electron chi connectivity index (χ2n) is 8.09. The molecule has 33 heavy (non-hydrogen) atoms. The molecule has 0 fully saturated rings. The minimum Gasteiger partial charge on any atom is -0.350 e.